The standard InChI is InChI=1S/C15H6ClF2N3O5/c16-13-10(18)4-7-12(22)8(15(23)24)5-20(14(7)19-13)6-1-2-9(17)11(3-6)21(25)26/h1-5H,(H,23,24). The maximum absolute atomic E-state index is 13.7. The predicted molar refractivity (Wildman–Crippen MR) is 85.9 cm³/mol. The van der Waals surface area contributed by atoms with E-state index in [4.69, 9.17) is 11.6 Å². The van der Waals surface area contributed by atoms with Crippen molar-refractivity contribution in [3.05, 3.63) is 73.2 Å². The van der Waals surface area contributed by atoms with Crippen molar-refractivity contribution in [2.75, 3.05) is 0 Å². The Morgan fingerprint density at radius 3 is 2.58 bits per heavy atom. The Hall–Kier alpha value is -3.40. The highest BCUT2D eigenvalue weighted by atomic mass is 35.5. The molecule has 0 amide bonds. The van der Waals surface area contributed by atoms with E-state index in [-0.39, 0.29) is 11.3 Å². The average molecular weight is 382 g/mol. The monoisotopic (exact) mass is 381 g/mol. The van der Waals surface area contributed by atoms with Crippen LogP contribution in [-0.2, 0) is 0 Å². The molecule has 0 saturated heterocycles. The summed E-state index contributed by atoms with van der Waals surface area (Å²) in [6, 6.07) is 3.44. The highest BCUT2D eigenvalue weighted by molar-refractivity contribution is 6.29. The molecular weight excluding hydrogens is 376 g/mol. The summed E-state index contributed by atoms with van der Waals surface area (Å²) in [5, 5.41) is 19.1. The molecule has 8 nitrogen and oxygen atoms in total. The number of aromatic carboxylic acids is 1. The van der Waals surface area contributed by atoms with Crippen LogP contribution in [0.2, 0.25) is 5.15 Å². The summed E-state index contributed by atoms with van der Waals surface area (Å²) in [6.45, 7) is 0. The smallest absolute Gasteiger partial charge is 0.341 e. The summed E-state index contributed by atoms with van der Waals surface area (Å²) in [7, 11) is 0. The van der Waals surface area contributed by atoms with Gasteiger partial charge in [-0.05, 0) is 18.2 Å². The van der Waals surface area contributed by atoms with Crippen LogP contribution in [0.1, 0.15) is 10.4 Å². The second-order valence-electron chi connectivity index (χ2n) is 5.07. The fourth-order valence-corrected chi connectivity index (χ4v) is 2.48. The van der Waals surface area contributed by atoms with Gasteiger partial charge in [-0.15, -0.1) is 0 Å². The van der Waals surface area contributed by atoms with E-state index in [9.17, 15) is 33.6 Å². The number of benzene rings is 1. The van der Waals surface area contributed by atoms with Gasteiger partial charge in [0.25, 0.3) is 0 Å². The van der Waals surface area contributed by atoms with Crippen molar-refractivity contribution in [3.8, 4) is 5.69 Å². The van der Waals surface area contributed by atoms with Crippen LogP contribution in [0.15, 0.2) is 35.3 Å². The van der Waals surface area contributed by atoms with E-state index in [2.05, 4.69) is 4.98 Å². The van der Waals surface area contributed by atoms with Gasteiger partial charge in [0.1, 0.15) is 11.2 Å². The van der Waals surface area contributed by atoms with E-state index >= 15 is 0 Å². The van der Waals surface area contributed by atoms with Crippen LogP contribution in [0.25, 0.3) is 16.7 Å². The van der Waals surface area contributed by atoms with Gasteiger partial charge in [-0.25, -0.2) is 14.2 Å². The van der Waals surface area contributed by atoms with Crippen molar-refractivity contribution in [3.63, 3.8) is 0 Å². The van der Waals surface area contributed by atoms with Crippen molar-refractivity contribution in [2.24, 2.45) is 0 Å². The third-order valence-corrected chi connectivity index (χ3v) is 3.79. The minimum absolute atomic E-state index is 0.0687. The SMILES string of the molecule is O=C(O)c1cn(-c2ccc(F)c([N+](=O)[O-])c2)c2nc(Cl)c(F)cc2c1=O. The number of nitrogens with zero attached hydrogens (tertiary/aromatic N) is 3. The van der Waals surface area contributed by atoms with Crippen molar-refractivity contribution in [1.29, 1.82) is 0 Å². The number of hydrogen-bond acceptors (Lipinski definition) is 5. The predicted octanol–water partition coefficient (Wildman–Crippen LogP) is 2.92. The number of fused-ring (bicyclic) bond motifs is 1. The Kier molecular flexibility index (Phi) is 4.12. The number of nitro groups is 1. The first kappa shape index (κ1) is 17.4. The maximum Gasteiger partial charge on any atom is 0.341 e. The summed E-state index contributed by atoms with van der Waals surface area (Å²) in [4.78, 5) is 37.2. The fourth-order valence-electron chi connectivity index (χ4n) is 2.34. The summed E-state index contributed by atoms with van der Waals surface area (Å²) < 4.78 is 28.2. The summed E-state index contributed by atoms with van der Waals surface area (Å²) >= 11 is 5.62. The highest BCUT2D eigenvalue weighted by Crippen LogP contribution is 2.25. The molecule has 1 aromatic carbocycles. The molecule has 3 aromatic rings. The lowest BCUT2D eigenvalue weighted by Gasteiger charge is -2.12. The number of halogens is 3. The number of carbonyl (C=O) groups is 1. The van der Waals surface area contributed by atoms with Crippen LogP contribution < -0.4 is 5.43 Å². The average Bonchev–Trinajstić information content (AvgIpc) is 2.57. The number of carboxylic acid groups (broad SMARTS) is 1. The molecule has 2 aromatic heterocycles. The van der Waals surface area contributed by atoms with Gasteiger partial charge in [0.2, 0.25) is 11.2 Å². The number of rotatable bonds is 3. The van der Waals surface area contributed by atoms with Crippen LogP contribution >= 0.6 is 11.6 Å². The molecule has 0 atom stereocenters. The first-order valence-corrected chi connectivity index (χ1v) is 7.17. The van der Waals surface area contributed by atoms with Crippen LogP contribution in [0.3, 0.4) is 0 Å². The van der Waals surface area contributed by atoms with Gasteiger partial charge >= 0.3 is 11.7 Å². The molecule has 0 unspecified atom stereocenters. The van der Waals surface area contributed by atoms with Crippen molar-refractivity contribution >= 4 is 34.3 Å². The van der Waals surface area contributed by atoms with Crippen molar-refractivity contribution in [2.45, 2.75) is 0 Å². The zero-order valence-electron chi connectivity index (χ0n) is 12.4. The van der Waals surface area contributed by atoms with Gasteiger partial charge in [-0.3, -0.25) is 19.5 Å². The maximum atomic E-state index is 13.7. The van der Waals surface area contributed by atoms with Crippen LogP contribution in [0, 0.1) is 21.7 Å². The zero-order valence-corrected chi connectivity index (χ0v) is 13.2. The van der Waals surface area contributed by atoms with Crippen LogP contribution in [-0.4, -0.2) is 25.6 Å². The minimum atomic E-state index is -1.60. The summed E-state index contributed by atoms with van der Waals surface area (Å²) in [6.07, 6.45) is 0.852. The molecule has 132 valence electrons. The topological polar surface area (TPSA) is 115 Å². The molecule has 0 saturated carbocycles. The van der Waals surface area contributed by atoms with Crippen molar-refractivity contribution in [1.82, 2.24) is 9.55 Å². The van der Waals surface area contributed by atoms with Gasteiger partial charge < -0.3 is 5.11 Å². The minimum Gasteiger partial charge on any atom is -0.477 e. The van der Waals surface area contributed by atoms with Gasteiger partial charge in [0.05, 0.1) is 16.0 Å². The highest BCUT2D eigenvalue weighted by Gasteiger charge is 2.21. The summed E-state index contributed by atoms with van der Waals surface area (Å²) in [5.74, 6) is -3.76. The summed E-state index contributed by atoms with van der Waals surface area (Å²) in [5.41, 5.74) is -2.93. The van der Waals surface area contributed by atoms with E-state index in [1.54, 1.807) is 0 Å². The second-order valence-corrected chi connectivity index (χ2v) is 5.43. The van der Waals surface area contributed by atoms with E-state index in [0.29, 0.717) is 6.07 Å². The Morgan fingerprint density at radius 2 is 1.96 bits per heavy atom. The molecule has 0 aliphatic heterocycles. The molecule has 11 heteroatoms. The van der Waals surface area contributed by atoms with Gasteiger partial charge in [0.15, 0.2) is 11.0 Å². The van der Waals surface area contributed by atoms with Gasteiger partial charge in [-0.1, -0.05) is 11.6 Å². The molecule has 0 aliphatic carbocycles. The molecule has 0 aliphatic rings. The van der Waals surface area contributed by atoms with Gasteiger partial charge in [0, 0.05) is 12.3 Å². The Morgan fingerprint density at radius 1 is 1.27 bits per heavy atom. The second kappa shape index (κ2) is 6.15. The van der Waals surface area contributed by atoms with Gasteiger partial charge in [-0.2, -0.15) is 4.39 Å². The van der Waals surface area contributed by atoms with E-state index < -0.39 is 49.7 Å². The lowest BCUT2D eigenvalue weighted by molar-refractivity contribution is -0.387. The quantitative estimate of drug-likeness (QED) is 0.423. The third-order valence-electron chi connectivity index (χ3n) is 3.52. The molecule has 26 heavy (non-hydrogen) atoms. The Balaban J connectivity index is 2.46. The molecule has 0 radical (unpaired) electrons. The molecule has 0 spiro atoms. The Bertz CT molecular complexity index is 1160. The lowest BCUT2D eigenvalue weighted by Crippen LogP contribution is -2.19. The largest absolute Gasteiger partial charge is 0.477 e. The van der Waals surface area contributed by atoms with Crippen molar-refractivity contribution < 1.29 is 23.6 Å². The first-order chi connectivity index (χ1) is 12.2. The zero-order chi connectivity index (χ0) is 19.2. The van der Waals surface area contributed by atoms with E-state index in [0.717, 1.165) is 29.0 Å². The first-order valence-electron chi connectivity index (χ1n) is 6.79. The Labute approximate surface area is 147 Å². The molecule has 0 bridgehead atoms. The number of pyridine rings is 2. The lowest BCUT2D eigenvalue weighted by atomic mass is 10.1. The number of carboxylic acids is 1. The molecule has 1 N–H and O–H groups in total. The van der Waals surface area contributed by atoms with E-state index in [1.165, 1.54) is 0 Å². The molecule has 2 heterocycles. The third kappa shape index (κ3) is 2.75. The normalized spacial score (nSPS) is 10.9. The number of nitro benzene ring substituents is 1. The fraction of sp³-hybridized carbons (Fsp3) is 0. The number of aromatic nitrogens is 2. The van der Waals surface area contributed by atoms with Crippen LogP contribution in [0.4, 0.5) is 14.5 Å². The van der Waals surface area contributed by atoms with Crippen LogP contribution in [0.5, 0.6) is 0 Å². The molecular formula is C15H6ClF2N3O5. The molecule has 3 rings (SSSR count). The van der Waals surface area contributed by atoms with E-state index in [1.807, 2.05) is 0 Å². The number of hydrogen-bond donors (Lipinski definition) is 1. The molecule has 0 fully saturated rings.